The highest BCUT2D eigenvalue weighted by molar-refractivity contribution is 6.24. The lowest BCUT2D eigenvalue weighted by atomic mass is 9.66. The highest BCUT2D eigenvalue weighted by atomic mass is 16.5. The molecule has 0 aliphatic rings. The minimum Gasteiger partial charge on any atom is -0.907 e. The molecule has 12 rings (SSSR count). The Hall–Kier alpha value is -9.54. The van der Waals surface area contributed by atoms with Gasteiger partial charge in [0, 0.05) is 52.2 Å². The van der Waals surface area contributed by atoms with Crippen LogP contribution in [0.1, 0.15) is 242 Å². The molecule has 0 fully saturated rings. The Balaban J connectivity index is 0.000000197. The summed E-state index contributed by atoms with van der Waals surface area (Å²) < 4.78 is 3.33. The predicted octanol–water partition coefficient (Wildman–Crippen LogP) is 24.8. The van der Waals surface area contributed by atoms with Gasteiger partial charge in [0.2, 0.25) is 0 Å². The molecule has 6 nitrogen and oxygen atoms in total. The van der Waals surface area contributed by atoms with Crippen LogP contribution >= 0.6 is 0 Å². The van der Waals surface area contributed by atoms with Gasteiger partial charge in [0.1, 0.15) is 18.1 Å². The number of hydrogen-bond acceptors (Lipinski definition) is 3. The molecule has 3 atom stereocenters. The monoisotopic (exact) mass is 1570 g/mol. The second-order valence-corrected chi connectivity index (χ2v) is 33.6. The molecule has 7 heteroatoms. The average Bonchev–Trinajstić information content (AvgIpc) is 0.761. The van der Waals surface area contributed by atoms with Gasteiger partial charge in [-0.2, -0.15) is 0 Å². The van der Waals surface area contributed by atoms with Crippen LogP contribution in [0.2, 0.25) is 0 Å². The maximum Gasteiger partial charge on any atom is 0.114 e. The third-order valence-electron chi connectivity index (χ3n) is 25.7. The van der Waals surface area contributed by atoms with Gasteiger partial charge in [-0.25, -0.2) is 0 Å². The van der Waals surface area contributed by atoms with Gasteiger partial charge >= 0.3 is 0 Å². The first-order valence-corrected chi connectivity index (χ1v) is 44.8. The molecule has 618 valence electrons. The minimum absolute atomic E-state index is 0.211. The van der Waals surface area contributed by atoms with Gasteiger partial charge in [-0.05, 0) is 108 Å². The number of rotatable bonds is 42. The van der Waals surface area contributed by atoms with Crippen molar-refractivity contribution in [1.82, 2.24) is 0 Å². The fraction of sp³-hybridized carbons (Fsp3) is 0.351. The van der Waals surface area contributed by atoms with E-state index in [4.69, 9.17) is 15.1 Å². The van der Waals surface area contributed by atoms with Crippen molar-refractivity contribution >= 4 is 7.32 Å². The fourth-order valence-electron chi connectivity index (χ4n) is 19.3. The molecule has 118 heavy (non-hydrogen) atoms. The summed E-state index contributed by atoms with van der Waals surface area (Å²) in [5.41, 5.74) is 16.2. The van der Waals surface area contributed by atoms with Crippen molar-refractivity contribution in [3.05, 3.63) is 431 Å². The third-order valence-corrected chi connectivity index (χ3v) is 25.7. The van der Waals surface area contributed by atoms with Crippen molar-refractivity contribution < 1.29 is 28.5 Å². The average molecular weight is 1570 g/mol. The molecule has 0 aromatic heterocycles. The molecule has 0 spiro atoms. The molecule has 0 radical (unpaired) electrons. The zero-order chi connectivity index (χ0) is 83.6. The summed E-state index contributed by atoms with van der Waals surface area (Å²) in [7, 11) is 4.66. The Kier molecular flexibility index (Phi) is 38.0. The summed E-state index contributed by atoms with van der Waals surface area (Å²) in [5.74, 6) is 0. The number of benzene rings is 12. The molecule has 0 heterocycles. The van der Waals surface area contributed by atoms with Gasteiger partial charge in [0.15, 0.2) is 0 Å². The molecular formula is C111H138BN3O3. The van der Waals surface area contributed by atoms with Gasteiger partial charge in [0.05, 0.1) is 60.4 Å². The van der Waals surface area contributed by atoms with Gasteiger partial charge < -0.3 is 28.5 Å². The van der Waals surface area contributed by atoms with Crippen molar-refractivity contribution in [2.24, 2.45) is 0 Å². The first-order valence-electron chi connectivity index (χ1n) is 44.8. The molecule has 3 unspecified atom stereocenters. The van der Waals surface area contributed by atoms with E-state index >= 15 is 0 Å². The van der Waals surface area contributed by atoms with Crippen LogP contribution in [0.3, 0.4) is 0 Å². The summed E-state index contributed by atoms with van der Waals surface area (Å²) in [6.45, 7) is 21.3. The second kappa shape index (κ2) is 48.5. The zero-order valence-electron chi connectivity index (χ0n) is 73.0. The van der Waals surface area contributed by atoms with Crippen molar-refractivity contribution in [3.8, 4) is 0 Å². The van der Waals surface area contributed by atoms with Crippen LogP contribution in [-0.4, -0.2) is 81.2 Å². The highest BCUT2D eigenvalue weighted by Crippen LogP contribution is 2.50. The molecule has 0 N–H and O–H groups in total. The molecule has 0 bridgehead atoms. The Labute approximate surface area is 714 Å². The molecule has 0 aliphatic carbocycles. The zero-order valence-corrected chi connectivity index (χ0v) is 73.0. The van der Waals surface area contributed by atoms with E-state index in [1.165, 1.54) is 183 Å². The van der Waals surface area contributed by atoms with Crippen LogP contribution < -0.4 is 15.1 Å². The molecule has 0 saturated heterocycles. The van der Waals surface area contributed by atoms with E-state index < -0.39 is 7.32 Å². The molecule has 0 aliphatic heterocycles. The van der Waals surface area contributed by atoms with Gasteiger partial charge in [0.25, 0.3) is 0 Å². The second-order valence-electron chi connectivity index (χ2n) is 33.6. The molecule has 0 amide bonds. The quantitative estimate of drug-likeness (QED) is 0.0217. The Morgan fingerprint density at radius 1 is 0.212 bits per heavy atom. The largest absolute Gasteiger partial charge is 0.907 e. The van der Waals surface area contributed by atoms with Crippen LogP contribution in [0.4, 0.5) is 0 Å². The first-order chi connectivity index (χ1) is 57.6. The van der Waals surface area contributed by atoms with Crippen LogP contribution in [0.25, 0.3) is 0 Å². The van der Waals surface area contributed by atoms with Crippen LogP contribution in [0, 0.1) is 0 Å². The Morgan fingerprint density at radius 2 is 0.331 bits per heavy atom. The molecular weight excluding hydrogens is 1430 g/mol. The minimum atomic E-state index is -2.92. The third kappa shape index (κ3) is 24.8. The predicted molar refractivity (Wildman–Crippen MR) is 496 cm³/mol. The van der Waals surface area contributed by atoms with E-state index in [2.05, 4.69) is 427 Å². The van der Waals surface area contributed by atoms with E-state index in [-0.39, 0.29) is 16.2 Å². The summed E-state index contributed by atoms with van der Waals surface area (Å²) in [5, 5.41) is 25.2. The van der Waals surface area contributed by atoms with Gasteiger partial charge in [-0.1, -0.05) is 444 Å². The summed E-state index contributed by atoms with van der Waals surface area (Å²) in [4.78, 5) is 0. The topological polar surface area (TPSA) is 69.2 Å². The lowest BCUT2D eigenvalue weighted by Crippen LogP contribution is -2.56. The first kappa shape index (κ1) is 92.3. The molecule has 0 saturated carbocycles. The van der Waals surface area contributed by atoms with Gasteiger partial charge in [-0.3, -0.25) is 7.32 Å². The number of nitrogens with zero attached hydrogens (tertiary/aromatic N) is 3. The Morgan fingerprint density at radius 3 is 0.449 bits per heavy atom. The van der Waals surface area contributed by atoms with E-state index in [9.17, 15) is 0 Å². The normalized spacial score (nSPS) is 12.6. The highest BCUT2D eigenvalue weighted by Gasteiger charge is 2.45. The van der Waals surface area contributed by atoms with Crippen molar-refractivity contribution in [2.45, 2.75) is 191 Å². The number of unbranched alkanes of at least 4 members (excludes halogenated alkanes) is 6. The standard InChI is InChI=1S/3C37H46N.BO3/c3*1-4-6-30-38(3,31-7-5-2)36(32-20-12-8-13-21-32)28-29-37(33-22-14-9-15-23-33,34-24-16-10-17-25-34)35-26-18-11-19-27-35;2-1(3)4/h3*8-27,36H,4-7,28-31H2,1-3H3;/q3*+1;-3. The molecule has 12 aromatic carbocycles. The fourth-order valence-corrected chi connectivity index (χ4v) is 19.3. The smallest absolute Gasteiger partial charge is 0.114 e. The van der Waals surface area contributed by atoms with E-state index in [0.717, 1.165) is 52.0 Å². The van der Waals surface area contributed by atoms with Crippen molar-refractivity contribution in [1.29, 1.82) is 0 Å². The van der Waals surface area contributed by atoms with E-state index in [0.29, 0.717) is 18.1 Å². The lowest BCUT2D eigenvalue weighted by Gasteiger charge is -2.44. The van der Waals surface area contributed by atoms with E-state index in [1.54, 1.807) is 0 Å². The van der Waals surface area contributed by atoms with Crippen LogP contribution in [0.15, 0.2) is 364 Å². The van der Waals surface area contributed by atoms with Crippen molar-refractivity contribution in [3.63, 3.8) is 0 Å². The maximum atomic E-state index is 8.42. The van der Waals surface area contributed by atoms with E-state index in [1.807, 2.05) is 0 Å². The summed E-state index contributed by atoms with van der Waals surface area (Å²) >= 11 is 0. The summed E-state index contributed by atoms with van der Waals surface area (Å²) in [6.07, 6.45) is 21.6. The number of quaternary nitrogens is 3. The number of hydrogen-bond donors (Lipinski definition) is 0. The van der Waals surface area contributed by atoms with Gasteiger partial charge in [-0.15, -0.1) is 0 Å². The van der Waals surface area contributed by atoms with Crippen molar-refractivity contribution in [2.75, 3.05) is 60.4 Å². The Bertz CT molecular complexity index is 3790. The summed E-state index contributed by atoms with van der Waals surface area (Å²) in [6, 6.07) is 136. The van der Waals surface area contributed by atoms with Crippen LogP contribution in [0.5, 0.6) is 0 Å². The molecule has 12 aromatic rings. The SMILES string of the molecule is CCCC[N+](C)(CCCC)C(CCC(c1ccccc1)(c1ccccc1)c1ccccc1)c1ccccc1.CCCC[N+](C)(CCCC)C(CCC(c1ccccc1)(c1ccccc1)c1ccccc1)c1ccccc1.CCCC[N+](C)(CCCC)C(CCC(c1ccccc1)(c1ccccc1)c1ccccc1)c1ccccc1.[O-]B([O-])[O-]. The lowest BCUT2D eigenvalue weighted by molar-refractivity contribution is -0.940. The maximum absolute atomic E-state index is 8.42. The van der Waals surface area contributed by atoms with Crippen LogP contribution in [-0.2, 0) is 16.2 Å².